The molecule has 19 heavy (non-hydrogen) atoms. The maximum absolute atomic E-state index is 6.09. The molecule has 3 rings (SSSR count). The number of ether oxygens (including phenoxy) is 1. The van der Waals surface area contributed by atoms with Crippen LogP contribution >= 0.6 is 0 Å². The van der Waals surface area contributed by atoms with Crippen LogP contribution in [0.2, 0.25) is 0 Å². The van der Waals surface area contributed by atoms with Gasteiger partial charge in [-0.25, -0.2) is 4.98 Å². The predicted octanol–water partition coefficient (Wildman–Crippen LogP) is 1.34. The number of imidazole rings is 1. The predicted molar refractivity (Wildman–Crippen MR) is 73.8 cm³/mol. The first-order valence-electron chi connectivity index (χ1n) is 6.96. The summed E-state index contributed by atoms with van der Waals surface area (Å²) >= 11 is 0. The quantitative estimate of drug-likeness (QED) is 0.907. The molecule has 104 valence electrons. The van der Waals surface area contributed by atoms with Gasteiger partial charge in [-0.15, -0.1) is 0 Å². The highest BCUT2D eigenvalue weighted by molar-refractivity contribution is 5.77. The van der Waals surface area contributed by atoms with E-state index in [0.29, 0.717) is 11.9 Å². The summed E-state index contributed by atoms with van der Waals surface area (Å²) in [7, 11) is 1.96. The molecule has 2 N–H and O–H groups in total. The van der Waals surface area contributed by atoms with Gasteiger partial charge in [0.05, 0.1) is 5.69 Å². The molecule has 0 unspecified atom stereocenters. The lowest BCUT2D eigenvalue weighted by Crippen LogP contribution is -2.21. The first-order chi connectivity index (χ1) is 9.20. The molecule has 1 saturated heterocycles. The van der Waals surface area contributed by atoms with Gasteiger partial charge in [0.25, 0.3) is 0 Å². The molecule has 0 saturated carbocycles. The Kier molecular flexibility index (Phi) is 3.18. The van der Waals surface area contributed by atoms with Crippen molar-refractivity contribution in [2.24, 2.45) is 13.0 Å². The molecule has 2 aromatic heterocycles. The van der Waals surface area contributed by atoms with E-state index in [4.69, 9.17) is 10.5 Å². The normalized spacial score (nSPS) is 17.4. The van der Waals surface area contributed by atoms with Gasteiger partial charge >= 0.3 is 0 Å². The zero-order valence-electron chi connectivity index (χ0n) is 11.6. The molecule has 0 aromatic carbocycles. The summed E-state index contributed by atoms with van der Waals surface area (Å²) in [5.41, 5.74) is 9.11. The summed E-state index contributed by atoms with van der Waals surface area (Å²) in [6.07, 6.45) is 3.07. The van der Waals surface area contributed by atoms with E-state index < -0.39 is 0 Å². The minimum atomic E-state index is 0.601. The average Bonchev–Trinajstić information content (AvgIpc) is 2.90. The Bertz CT molecular complexity index is 579. The number of hydrogen-bond donors (Lipinski definition) is 1. The number of anilines is 1. The fourth-order valence-electron chi connectivity index (χ4n) is 2.86. The average molecular weight is 263 g/mol. The number of aromatic nitrogens is 4. The minimum absolute atomic E-state index is 0.601. The summed E-state index contributed by atoms with van der Waals surface area (Å²) in [6, 6.07) is 0. The number of nitrogens with zero attached hydrogens (tertiary/aromatic N) is 4. The third kappa shape index (κ3) is 2.10. The summed E-state index contributed by atoms with van der Waals surface area (Å²) in [5.74, 6) is 1.22. The van der Waals surface area contributed by atoms with Crippen LogP contribution in [0.1, 0.15) is 25.5 Å². The van der Waals surface area contributed by atoms with Crippen molar-refractivity contribution in [2.45, 2.75) is 32.7 Å². The first kappa shape index (κ1) is 12.5. The molecule has 0 radical (unpaired) electrons. The molecule has 1 aliphatic rings. The highest BCUT2D eigenvalue weighted by Crippen LogP contribution is 2.25. The highest BCUT2D eigenvalue weighted by Gasteiger charge is 2.21. The number of nitrogen functional groups attached to an aromatic ring is 1. The fourth-order valence-corrected chi connectivity index (χ4v) is 2.86. The van der Waals surface area contributed by atoms with E-state index in [9.17, 15) is 0 Å². The van der Waals surface area contributed by atoms with Crippen molar-refractivity contribution in [2.75, 3.05) is 18.9 Å². The maximum Gasteiger partial charge on any atom is 0.202 e. The van der Waals surface area contributed by atoms with E-state index in [-0.39, 0.29) is 0 Å². The van der Waals surface area contributed by atoms with Crippen LogP contribution in [-0.4, -0.2) is 32.5 Å². The van der Waals surface area contributed by atoms with Crippen LogP contribution in [0.4, 0.5) is 5.95 Å². The molecule has 0 atom stereocenters. The third-order valence-electron chi connectivity index (χ3n) is 3.94. The maximum atomic E-state index is 6.09. The topological polar surface area (TPSA) is 70.9 Å². The molecule has 0 aliphatic carbocycles. The van der Waals surface area contributed by atoms with Crippen LogP contribution in [0.15, 0.2) is 0 Å². The largest absolute Gasteiger partial charge is 0.381 e. The van der Waals surface area contributed by atoms with Gasteiger partial charge < -0.3 is 10.5 Å². The van der Waals surface area contributed by atoms with Gasteiger partial charge in [0.1, 0.15) is 5.52 Å². The van der Waals surface area contributed by atoms with Crippen molar-refractivity contribution in [3.05, 3.63) is 5.69 Å². The molecule has 3 heterocycles. The van der Waals surface area contributed by atoms with Crippen molar-refractivity contribution in [1.29, 1.82) is 0 Å². The van der Waals surface area contributed by atoms with Crippen molar-refractivity contribution >= 4 is 17.1 Å². The molecule has 0 spiro atoms. The minimum Gasteiger partial charge on any atom is -0.381 e. The van der Waals surface area contributed by atoms with Gasteiger partial charge in [-0.2, -0.15) is 5.10 Å². The lowest BCUT2D eigenvalue weighted by molar-refractivity contribution is 0.0617. The second-order valence-corrected chi connectivity index (χ2v) is 5.23. The van der Waals surface area contributed by atoms with Crippen LogP contribution in [-0.2, 0) is 24.8 Å². The molecule has 6 heteroatoms. The number of rotatable bonds is 3. The molecular formula is C13H21N5O. The smallest absolute Gasteiger partial charge is 0.202 e. The van der Waals surface area contributed by atoms with Crippen molar-refractivity contribution in [1.82, 2.24) is 19.3 Å². The number of fused-ring (bicyclic) bond motifs is 1. The summed E-state index contributed by atoms with van der Waals surface area (Å²) in [5, 5.41) is 4.52. The van der Waals surface area contributed by atoms with E-state index in [2.05, 4.69) is 21.6 Å². The van der Waals surface area contributed by atoms with E-state index in [0.717, 1.165) is 55.9 Å². The molecule has 1 fully saturated rings. The second kappa shape index (κ2) is 4.85. The standard InChI is InChI=1S/C13H21N5O/c1-3-10-11-12(17(2)16-10)18(13(14)15-11)8-9-4-6-19-7-5-9/h9H,3-8H2,1-2H3,(H2,14,15). The van der Waals surface area contributed by atoms with Gasteiger partial charge in [0.15, 0.2) is 5.65 Å². The fraction of sp³-hybridized carbons (Fsp3) is 0.692. The number of hydrogen-bond acceptors (Lipinski definition) is 4. The Hall–Kier alpha value is -1.56. The first-order valence-corrected chi connectivity index (χ1v) is 6.96. The van der Waals surface area contributed by atoms with Crippen molar-refractivity contribution < 1.29 is 4.74 Å². The van der Waals surface area contributed by atoms with Crippen LogP contribution in [0.5, 0.6) is 0 Å². The SMILES string of the molecule is CCc1nn(C)c2c1nc(N)n2CC1CCOCC1. The Balaban J connectivity index is 1.97. The number of nitrogens with two attached hydrogens (primary N) is 1. The third-order valence-corrected chi connectivity index (χ3v) is 3.94. The van der Waals surface area contributed by atoms with Gasteiger partial charge in [-0.3, -0.25) is 9.25 Å². The Morgan fingerprint density at radius 2 is 2.11 bits per heavy atom. The molecule has 2 aromatic rings. The van der Waals surface area contributed by atoms with Crippen molar-refractivity contribution in [3.8, 4) is 0 Å². The Morgan fingerprint density at radius 1 is 1.37 bits per heavy atom. The van der Waals surface area contributed by atoms with Gasteiger partial charge in [0.2, 0.25) is 5.95 Å². The lowest BCUT2D eigenvalue weighted by atomic mass is 10.0. The van der Waals surface area contributed by atoms with Crippen LogP contribution < -0.4 is 5.73 Å². The van der Waals surface area contributed by atoms with Gasteiger partial charge in [-0.05, 0) is 25.2 Å². The zero-order valence-corrected chi connectivity index (χ0v) is 11.6. The van der Waals surface area contributed by atoms with Crippen molar-refractivity contribution in [3.63, 3.8) is 0 Å². The van der Waals surface area contributed by atoms with Crippen LogP contribution in [0.25, 0.3) is 11.2 Å². The van der Waals surface area contributed by atoms with Crippen LogP contribution in [0.3, 0.4) is 0 Å². The van der Waals surface area contributed by atoms with E-state index in [1.807, 2.05) is 11.7 Å². The molecule has 0 bridgehead atoms. The lowest BCUT2D eigenvalue weighted by Gasteiger charge is -2.22. The van der Waals surface area contributed by atoms with E-state index >= 15 is 0 Å². The Morgan fingerprint density at radius 3 is 2.79 bits per heavy atom. The number of aryl methyl sites for hydroxylation is 2. The van der Waals surface area contributed by atoms with Crippen LogP contribution in [0, 0.1) is 5.92 Å². The zero-order chi connectivity index (χ0) is 13.4. The summed E-state index contributed by atoms with van der Waals surface area (Å²) < 4.78 is 9.42. The van der Waals surface area contributed by atoms with Gasteiger partial charge in [-0.1, -0.05) is 6.92 Å². The van der Waals surface area contributed by atoms with E-state index in [1.165, 1.54) is 0 Å². The molecule has 1 aliphatic heterocycles. The van der Waals surface area contributed by atoms with Gasteiger partial charge in [0, 0.05) is 26.8 Å². The molecular weight excluding hydrogens is 242 g/mol. The monoisotopic (exact) mass is 263 g/mol. The highest BCUT2D eigenvalue weighted by atomic mass is 16.5. The molecule has 6 nitrogen and oxygen atoms in total. The summed E-state index contributed by atoms with van der Waals surface area (Å²) in [4.78, 5) is 4.50. The Labute approximate surface area is 112 Å². The second-order valence-electron chi connectivity index (χ2n) is 5.23. The van der Waals surface area contributed by atoms with E-state index in [1.54, 1.807) is 0 Å². The summed E-state index contributed by atoms with van der Waals surface area (Å²) in [6.45, 7) is 4.71. The molecule has 0 amide bonds.